The highest BCUT2D eigenvalue weighted by Crippen LogP contribution is 2.11. The molecule has 2 aromatic rings. The molecule has 2 heterocycles. The first-order chi connectivity index (χ1) is 10.1. The van der Waals surface area contributed by atoms with Crippen LogP contribution >= 0.6 is 0 Å². The molecule has 0 saturated heterocycles. The quantitative estimate of drug-likeness (QED) is 0.726. The number of anilines is 1. The zero-order valence-corrected chi connectivity index (χ0v) is 11.3. The van der Waals surface area contributed by atoms with Gasteiger partial charge in [-0.1, -0.05) is 0 Å². The molecule has 2 rings (SSSR count). The summed E-state index contributed by atoms with van der Waals surface area (Å²) in [4.78, 5) is 30.4. The monoisotopic (exact) mass is 290 g/mol. The van der Waals surface area contributed by atoms with Gasteiger partial charge in [0.2, 0.25) is 0 Å². The van der Waals surface area contributed by atoms with Crippen LogP contribution in [0.15, 0.2) is 24.7 Å². The molecule has 0 bridgehead atoms. The third-order valence-electron chi connectivity index (χ3n) is 2.54. The fourth-order valence-electron chi connectivity index (χ4n) is 1.63. The van der Waals surface area contributed by atoms with E-state index in [0.29, 0.717) is 18.8 Å². The second kappa shape index (κ2) is 6.46. The molecule has 0 radical (unpaired) electrons. The van der Waals surface area contributed by atoms with E-state index in [1.165, 1.54) is 12.3 Å². The molecule has 3 N–H and O–H groups in total. The van der Waals surface area contributed by atoms with Crippen molar-refractivity contribution in [1.82, 2.24) is 25.1 Å². The number of amides is 2. The second-order valence-corrected chi connectivity index (χ2v) is 4.17. The van der Waals surface area contributed by atoms with Gasteiger partial charge in [-0.25, -0.2) is 19.6 Å². The van der Waals surface area contributed by atoms with Crippen molar-refractivity contribution < 1.29 is 14.7 Å². The summed E-state index contributed by atoms with van der Waals surface area (Å²) in [6, 6.07) is 2.50. The summed E-state index contributed by atoms with van der Waals surface area (Å²) >= 11 is 0. The topological polar surface area (TPSA) is 122 Å². The first-order valence-corrected chi connectivity index (χ1v) is 6.14. The largest absolute Gasteiger partial charge is 0.476 e. The van der Waals surface area contributed by atoms with Gasteiger partial charge in [0.1, 0.15) is 6.33 Å². The Morgan fingerprint density at radius 2 is 2.19 bits per heavy atom. The van der Waals surface area contributed by atoms with Crippen LogP contribution in [-0.4, -0.2) is 43.4 Å². The van der Waals surface area contributed by atoms with E-state index in [0.717, 1.165) is 0 Å². The van der Waals surface area contributed by atoms with E-state index < -0.39 is 12.0 Å². The summed E-state index contributed by atoms with van der Waals surface area (Å²) in [5.41, 5.74) is -0.0718. The minimum Gasteiger partial charge on any atom is -0.476 e. The van der Waals surface area contributed by atoms with Crippen LogP contribution < -0.4 is 10.6 Å². The zero-order valence-electron chi connectivity index (χ0n) is 11.3. The lowest BCUT2D eigenvalue weighted by molar-refractivity contribution is 0.0691. The van der Waals surface area contributed by atoms with Gasteiger partial charge in [0, 0.05) is 26.2 Å². The van der Waals surface area contributed by atoms with Crippen molar-refractivity contribution in [3.63, 3.8) is 0 Å². The molecule has 9 heteroatoms. The fraction of sp³-hybridized carbons (Fsp3) is 0.250. The molecule has 0 aliphatic heterocycles. The van der Waals surface area contributed by atoms with E-state index >= 15 is 0 Å². The van der Waals surface area contributed by atoms with Crippen LogP contribution in [0.4, 0.5) is 10.5 Å². The van der Waals surface area contributed by atoms with E-state index in [-0.39, 0.29) is 11.4 Å². The Hall–Kier alpha value is -2.97. The summed E-state index contributed by atoms with van der Waals surface area (Å²) in [6.45, 7) is 0.332. The van der Waals surface area contributed by atoms with Crippen LogP contribution in [0.5, 0.6) is 0 Å². The Morgan fingerprint density at radius 1 is 1.38 bits per heavy atom. The standard InChI is InChI=1S/C12H14N6O3/c1-18-7-15-9(17-18)4-6-14-12(21)16-8-3-2-5-13-10(8)11(19)20/h2-3,5,7H,4,6H2,1H3,(H,19,20)(H2,14,16,21). The van der Waals surface area contributed by atoms with Gasteiger partial charge >= 0.3 is 12.0 Å². The van der Waals surface area contributed by atoms with Gasteiger partial charge in [-0.05, 0) is 12.1 Å². The lowest BCUT2D eigenvalue weighted by atomic mass is 10.3. The first-order valence-electron chi connectivity index (χ1n) is 6.14. The highest BCUT2D eigenvalue weighted by Gasteiger charge is 2.13. The van der Waals surface area contributed by atoms with E-state index in [9.17, 15) is 9.59 Å². The van der Waals surface area contributed by atoms with Gasteiger partial charge in [-0.3, -0.25) is 4.68 Å². The predicted molar refractivity (Wildman–Crippen MR) is 72.9 cm³/mol. The molecule has 2 aromatic heterocycles. The minimum absolute atomic E-state index is 0.137. The van der Waals surface area contributed by atoms with Crippen molar-refractivity contribution in [2.45, 2.75) is 6.42 Å². The number of rotatable bonds is 5. The molecule has 0 atom stereocenters. The smallest absolute Gasteiger partial charge is 0.356 e. The maximum Gasteiger partial charge on any atom is 0.356 e. The molecule has 0 saturated carbocycles. The van der Waals surface area contributed by atoms with Crippen molar-refractivity contribution in [1.29, 1.82) is 0 Å². The van der Waals surface area contributed by atoms with E-state index in [4.69, 9.17) is 5.11 Å². The number of carbonyl (C=O) groups excluding carboxylic acids is 1. The van der Waals surface area contributed by atoms with E-state index in [1.807, 2.05) is 0 Å². The Labute approximate surface area is 120 Å². The van der Waals surface area contributed by atoms with E-state index in [1.54, 1.807) is 24.1 Å². The van der Waals surface area contributed by atoms with Crippen LogP contribution in [-0.2, 0) is 13.5 Å². The maximum absolute atomic E-state index is 11.7. The Kier molecular flexibility index (Phi) is 4.44. The van der Waals surface area contributed by atoms with Crippen LogP contribution in [0.2, 0.25) is 0 Å². The molecule has 0 unspecified atom stereocenters. The average Bonchev–Trinajstić information content (AvgIpc) is 2.85. The number of nitrogens with zero attached hydrogens (tertiary/aromatic N) is 4. The third-order valence-corrected chi connectivity index (χ3v) is 2.54. The van der Waals surface area contributed by atoms with Crippen LogP contribution in [0, 0.1) is 0 Å². The van der Waals surface area contributed by atoms with Gasteiger partial charge in [-0.2, -0.15) is 5.10 Å². The average molecular weight is 290 g/mol. The number of carboxylic acids is 1. The summed E-state index contributed by atoms with van der Waals surface area (Å²) in [5, 5.41) is 18.1. The third kappa shape index (κ3) is 4.00. The number of hydrogen-bond acceptors (Lipinski definition) is 5. The first kappa shape index (κ1) is 14.4. The molecule has 21 heavy (non-hydrogen) atoms. The maximum atomic E-state index is 11.7. The number of aromatic nitrogens is 4. The van der Waals surface area contributed by atoms with Crippen molar-refractivity contribution in [3.05, 3.63) is 36.2 Å². The normalized spacial score (nSPS) is 10.1. The number of aryl methyl sites for hydroxylation is 1. The molecule has 0 aliphatic carbocycles. The zero-order chi connectivity index (χ0) is 15.2. The second-order valence-electron chi connectivity index (χ2n) is 4.17. The van der Waals surface area contributed by atoms with Gasteiger partial charge < -0.3 is 15.7 Å². The molecule has 9 nitrogen and oxygen atoms in total. The van der Waals surface area contributed by atoms with Crippen LogP contribution in [0.3, 0.4) is 0 Å². The number of carbonyl (C=O) groups is 2. The highest BCUT2D eigenvalue weighted by atomic mass is 16.4. The number of pyridine rings is 1. The minimum atomic E-state index is -1.21. The summed E-state index contributed by atoms with van der Waals surface area (Å²) in [6.07, 6.45) is 3.40. The molecular formula is C12H14N6O3. The lowest BCUT2D eigenvalue weighted by Crippen LogP contribution is -2.31. The number of hydrogen-bond donors (Lipinski definition) is 3. The van der Waals surface area contributed by atoms with Gasteiger partial charge in [0.25, 0.3) is 0 Å². The van der Waals surface area contributed by atoms with Gasteiger partial charge in [0.05, 0.1) is 5.69 Å². The molecular weight excluding hydrogens is 276 g/mol. The van der Waals surface area contributed by atoms with Crippen molar-refractivity contribution >= 4 is 17.7 Å². The number of urea groups is 1. The molecule has 0 fully saturated rings. The molecule has 110 valence electrons. The van der Waals surface area contributed by atoms with Crippen LogP contribution in [0.25, 0.3) is 0 Å². The Bertz CT molecular complexity index is 654. The molecule has 0 spiro atoms. The van der Waals surface area contributed by atoms with Crippen molar-refractivity contribution in [3.8, 4) is 0 Å². The van der Waals surface area contributed by atoms with E-state index in [2.05, 4.69) is 25.7 Å². The van der Waals surface area contributed by atoms with Gasteiger partial charge in [0.15, 0.2) is 11.5 Å². The number of carboxylic acid groups (broad SMARTS) is 1. The number of nitrogens with one attached hydrogen (secondary N) is 2. The Morgan fingerprint density at radius 3 is 2.86 bits per heavy atom. The van der Waals surface area contributed by atoms with Crippen molar-refractivity contribution in [2.24, 2.45) is 7.05 Å². The molecule has 0 aromatic carbocycles. The fourth-order valence-corrected chi connectivity index (χ4v) is 1.63. The summed E-state index contributed by atoms with van der Waals surface area (Å²) in [5.74, 6) is -0.589. The summed E-state index contributed by atoms with van der Waals surface area (Å²) < 4.78 is 1.57. The SMILES string of the molecule is Cn1cnc(CCNC(=O)Nc2cccnc2C(=O)O)n1. The number of aromatic carboxylic acids is 1. The summed E-state index contributed by atoms with van der Waals surface area (Å²) in [7, 11) is 1.76. The van der Waals surface area contributed by atoms with Gasteiger partial charge in [-0.15, -0.1) is 0 Å². The lowest BCUT2D eigenvalue weighted by Gasteiger charge is -2.08. The molecule has 0 aliphatic rings. The predicted octanol–water partition coefficient (Wildman–Crippen LogP) is 0.272. The van der Waals surface area contributed by atoms with Crippen LogP contribution in [0.1, 0.15) is 16.3 Å². The molecule has 2 amide bonds. The highest BCUT2D eigenvalue weighted by molar-refractivity contribution is 5.98. The Balaban J connectivity index is 1.86. The van der Waals surface area contributed by atoms with Crippen molar-refractivity contribution in [2.75, 3.05) is 11.9 Å².